The van der Waals surface area contributed by atoms with Crippen LogP contribution in [0.1, 0.15) is 328 Å². The van der Waals surface area contributed by atoms with Crippen molar-refractivity contribution in [3.8, 4) is 0 Å². The average Bonchev–Trinajstić information content (AvgIpc) is 3.20. The molecule has 0 aliphatic carbocycles. The maximum Gasteiger partial charge on any atom is 0.217 e. The number of carbonyl (C=O) groups excluding carboxylic acids is 2. The highest BCUT2D eigenvalue weighted by Gasteiger charge is 2.03. The van der Waals surface area contributed by atoms with Crippen molar-refractivity contribution in [2.24, 2.45) is 17.4 Å². The Morgan fingerprint density at radius 1 is 0.241 bits per heavy atom. The van der Waals surface area contributed by atoms with E-state index in [-0.39, 0.29) is 11.8 Å². The van der Waals surface area contributed by atoms with Crippen LogP contribution >= 0.6 is 0 Å². The van der Waals surface area contributed by atoms with Crippen molar-refractivity contribution < 1.29 is 9.59 Å². The van der Waals surface area contributed by atoms with Crippen LogP contribution in [0.25, 0.3) is 0 Å². The fourth-order valence-corrected chi connectivity index (χ4v) is 9.15. The lowest BCUT2D eigenvalue weighted by atomic mass is 9.95. The van der Waals surface area contributed by atoms with Crippen LogP contribution in [0.3, 0.4) is 0 Å². The van der Waals surface area contributed by atoms with E-state index in [0.717, 1.165) is 18.8 Å². The van der Waals surface area contributed by atoms with E-state index in [1.165, 1.54) is 295 Å². The SMILES string of the molecule is CC(CCCCCCCCCCCCCCCCCCCCCCCCCC(N)=O)CCCCCCCCCCCCCCCCCCCCCCCCCC(N)=O. The second kappa shape index (κ2) is 50.3. The Balaban J connectivity index is 3.15. The number of nitrogens with two attached hydrogens (primary N) is 2. The standard InChI is InChI=1S/C54H108N2O2/c1-52(48-44-40-36-32-28-24-20-16-12-8-4-2-6-10-14-18-22-26-30-34-38-42-46-50-53(55)57)49-45-41-37-33-29-25-21-17-13-9-5-3-7-11-15-19-23-27-31-35-39-43-47-51-54(56)58/h52H,2-51H2,1H3,(H2,55,57)(H2,56,58). The molecule has 0 radical (unpaired) electrons. The largest absolute Gasteiger partial charge is 0.370 e. The highest BCUT2D eigenvalue weighted by atomic mass is 16.1. The van der Waals surface area contributed by atoms with Gasteiger partial charge in [-0.2, -0.15) is 0 Å². The Hall–Kier alpha value is -1.06. The molecule has 0 aromatic carbocycles. The third-order valence-corrected chi connectivity index (χ3v) is 13.2. The van der Waals surface area contributed by atoms with Gasteiger partial charge in [-0.1, -0.05) is 302 Å². The quantitative estimate of drug-likeness (QED) is 0.0599. The summed E-state index contributed by atoms with van der Waals surface area (Å²) in [5.41, 5.74) is 10.4. The van der Waals surface area contributed by atoms with Gasteiger partial charge in [0.2, 0.25) is 11.8 Å². The van der Waals surface area contributed by atoms with E-state index >= 15 is 0 Å². The van der Waals surface area contributed by atoms with Crippen LogP contribution in [0.5, 0.6) is 0 Å². The molecule has 0 aliphatic rings. The molecule has 0 aromatic heterocycles. The summed E-state index contributed by atoms with van der Waals surface area (Å²) in [6.07, 6.45) is 68.6. The van der Waals surface area contributed by atoms with Crippen LogP contribution < -0.4 is 11.5 Å². The fourth-order valence-electron chi connectivity index (χ4n) is 9.15. The van der Waals surface area contributed by atoms with Gasteiger partial charge in [0.25, 0.3) is 0 Å². The molecule has 0 saturated heterocycles. The van der Waals surface area contributed by atoms with Crippen molar-refractivity contribution in [2.45, 2.75) is 328 Å². The van der Waals surface area contributed by atoms with Crippen molar-refractivity contribution in [3.05, 3.63) is 0 Å². The highest BCUT2D eigenvalue weighted by Crippen LogP contribution is 2.21. The maximum atomic E-state index is 10.7. The Labute approximate surface area is 365 Å². The van der Waals surface area contributed by atoms with E-state index in [4.69, 9.17) is 11.5 Å². The minimum atomic E-state index is -0.149. The molecule has 4 nitrogen and oxygen atoms in total. The molecule has 58 heavy (non-hydrogen) atoms. The Kier molecular flexibility index (Phi) is 49.4. The summed E-state index contributed by atoms with van der Waals surface area (Å²) < 4.78 is 0. The summed E-state index contributed by atoms with van der Waals surface area (Å²) in [4.78, 5) is 21.5. The zero-order chi connectivity index (χ0) is 42.1. The van der Waals surface area contributed by atoms with Gasteiger partial charge in [-0.3, -0.25) is 9.59 Å². The zero-order valence-electron chi connectivity index (χ0n) is 39.9. The molecule has 0 unspecified atom stereocenters. The van der Waals surface area contributed by atoms with Crippen molar-refractivity contribution in [3.63, 3.8) is 0 Å². The molecule has 0 spiro atoms. The van der Waals surface area contributed by atoms with E-state index in [2.05, 4.69) is 6.92 Å². The van der Waals surface area contributed by atoms with Gasteiger partial charge in [-0.15, -0.1) is 0 Å². The molecule has 0 bridgehead atoms. The molecule has 4 heteroatoms. The number of hydrogen-bond donors (Lipinski definition) is 2. The van der Waals surface area contributed by atoms with Crippen molar-refractivity contribution >= 4 is 11.8 Å². The molecular formula is C54H108N2O2. The molecule has 0 aliphatic heterocycles. The predicted octanol–water partition coefficient (Wildman–Crippen LogP) is 18.1. The average molecular weight is 817 g/mol. The Morgan fingerprint density at radius 2 is 0.362 bits per heavy atom. The molecule has 0 saturated carbocycles. The van der Waals surface area contributed by atoms with Crippen molar-refractivity contribution in [2.75, 3.05) is 0 Å². The first-order valence-corrected chi connectivity index (χ1v) is 27.1. The van der Waals surface area contributed by atoms with Gasteiger partial charge in [0.1, 0.15) is 0 Å². The number of carbonyl (C=O) groups is 2. The lowest BCUT2D eigenvalue weighted by Gasteiger charge is -2.11. The topological polar surface area (TPSA) is 86.2 Å². The molecule has 0 heterocycles. The second-order valence-corrected chi connectivity index (χ2v) is 19.4. The first-order valence-electron chi connectivity index (χ1n) is 27.1. The van der Waals surface area contributed by atoms with E-state index in [1.54, 1.807) is 0 Å². The molecule has 0 atom stereocenters. The monoisotopic (exact) mass is 817 g/mol. The first-order chi connectivity index (χ1) is 28.5. The molecule has 346 valence electrons. The third-order valence-electron chi connectivity index (χ3n) is 13.2. The van der Waals surface area contributed by atoms with Crippen LogP contribution in [0.2, 0.25) is 0 Å². The maximum absolute atomic E-state index is 10.7. The molecule has 0 rings (SSSR count). The summed E-state index contributed by atoms with van der Waals surface area (Å²) in [5.74, 6) is 0.645. The van der Waals surface area contributed by atoms with Crippen LogP contribution in [0.4, 0.5) is 0 Å². The Bertz CT molecular complexity index is 736. The lowest BCUT2D eigenvalue weighted by molar-refractivity contribution is -0.119. The fraction of sp³-hybridized carbons (Fsp3) is 0.963. The van der Waals surface area contributed by atoms with Gasteiger partial charge in [-0.05, 0) is 18.8 Å². The van der Waals surface area contributed by atoms with Crippen LogP contribution in [-0.4, -0.2) is 11.8 Å². The van der Waals surface area contributed by atoms with E-state index < -0.39 is 0 Å². The van der Waals surface area contributed by atoms with Gasteiger partial charge in [0, 0.05) is 12.8 Å². The Morgan fingerprint density at radius 3 is 0.500 bits per heavy atom. The van der Waals surface area contributed by atoms with Crippen LogP contribution in [-0.2, 0) is 9.59 Å². The number of amides is 2. The van der Waals surface area contributed by atoms with Gasteiger partial charge in [-0.25, -0.2) is 0 Å². The summed E-state index contributed by atoms with van der Waals surface area (Å²) in [7, 11) is 0. The molecule has 4 N–H and O–H groups in total. The minimum absolute atomic E-state index is 0.149. The van der Waals surface area contributed by atoms with E-state index in [0.29, 0.717) is 12.8 Å². The zero-order valence-corrected chi connectivity index (χ0v) is 39.9. The molecule has 0 fully saturated rings. The normalized spacial score (nSPS) is 11.6. The van der Waals surface area contributed by atoms with E-state index in [9.17, 15) is 9.59 Å². The smallest absolute Gasteiger partial charge is 0.217 e. The predicted molar refractivity (Wildman–Crippen MR) is 258 cm³/mol. The van der Waals surface area contributed by atoms with Gasteiger partial charge < -0.3 is 11.5 Å². The third kappa shape index (κ3) is 53.0. The van der Waals surface area contributed by atoms with Crippen LogP contribution in [0.15, 0.2) is 0 Å². The number of rotatable bonds is 52. The summed E-state index contributed by atoms with van der Waals surface area (Å²) in [6, 6.07) is 0. The number of unbranched alkanes of at least 4 members (excludes halogenated alkanes) is 44. The number of primary amides is 2. The molecule has 0 aromatic rings. The highest BCUT2D eigenvalue weighted by molar-refractivity contribution is 5.73. The molecule has 2 amide bonds. The minimum Gasteiger partial charge on any atom is -0.370 e. The molecular weight excluding hydrogens is 709 g/mol. The van der Waals surface area contributed by atoms with Crippen molar-refractivity contribution in [1.82, 2.24) is 0 Å². The van der Waals surface area contributed by atoms with Crippen molar-refractivity contribution in [1.29, 1.82) is 0 Å². The lowest BCUT2D eigenvalue weighted by Crippen LogP contribution is -2.09. The first kappa shape index (κ1) is 56.9. The number of hydrogen-bond acceptors (Lipinski definition) is 2. The van der Waals surface area contributed by atoms with Crippen LogP contribution in [0, 0.1) is 5.92 Å². The summed E-state index contributed by atoms with van der Waals surface area (Å²) in [5, 5.41) is 0. The van der Waals surface area contributed by atoms with Gasteiger partial charge in [0.15, 0.2) is 0 Å². The van der Waals surface area contributed by atoms with E-state index in [1.807, 2.05) is 0 Å². The summed E-state index contributed by atoms with van der Waals surface area (Å²) >= 11 is 0. The van der Waals surface area contributed by atoms with Gasteiger partial charge >= 0.3 is 0 Å². The summed E-state index contributed by atoms with van der Waals surface area (Å²) in [6.45, 7) is 2.51. The second-order valence-electron chi connectivity index (χ2n) is 19.4. The van der Waals surface area contributed by atoms with Gasteiger partial charge in [0.05, 0.1) is 0 Å².